The minimum absolute atomic E-state index is 0.275. The Balaban J connectivity index is 1.64. The summed E-state index contributed by atoms with van der Waals surface area (Å²) in [5.74, 6) is 1.37. The van der Waals surface area contributed by atoms with Crippen LogP contribution in [0.3, 0.4) is 0 Å². The van der Waals surface area contributed by atoms with Gasteiger partial charge in [-0.05, 0) is 44.0 Å². The van der Waals surface area contributed by atoms with Crippen LogP contribution in [-0.4, -0.2) is 38.4 Å². The molecule has 0 spiro atoms. The van der Waals surface area contributed by atoms with E-state index in [1.54, 1.807) is 0 Å². The second-order valence-corrected chi connectivity index (χ2v) is 8.71. The van der Waals surface area contributed by atoms with Crippen LogP contribution < -0.4 is 0 Å². The first-order chi connectivity index (χ1) is 10.4. The third kappa shape index (κ3) is 3.65. The molecule has 1 aliphatic heterocycles. The van der Waals surface area contributed by atoms with E-state index in [0.29, 0.717) is 17.3 Å². The van der Waals surface area contributed by atoms with Gasteiger partial charge in [0.25, 0.3) is 0 Å². The fraction of sp³-hybridized carbons (Fsp3) is 0.500. The molecule has 0 unspecified atom stereocenters. The first-order valence-electron chi connectivity index (χ1n) is 7.48. The lowest BCUT2D eigenvalue weighted by Crippen LogP contribution is -2.35. The molecule has 0 N–H and O–H groups in total. The molecule has 6 heteroatoms. The zero-order chi connectivity index (χ0) is 15.7. The maximum absolute atomic E-state index is 11.4. The molecule has 1 aromatic heterocycles. The van der Waals surface area contributed by atoms with E-state index in [4.69, 9.17) is 16.0 Å². The van der Waals surface area contributed by atoms with E-state index in [-0.39, 0.29) is 5.92 Å². The van der Waals surface area contributed by atoms with Crippen LogP contribution in [0.1, 0.15) is 18.6 Å². The van der Waals surface area contributed by atoms with E-state index in [1.807, 2.05) is 24.3 Å². The Hall–Kier alpha value is -1.04. The molecule has 0 radical (unpaired) electrons. The number of piperidine rings is 1. The Kier molecular flexibility index (Phi) is 4.48. The van der Waals surface area contributed by atoms with Crippen molar-refractivity contribution in [2.45, 2.75) is 19.4 Å². The lowest BCUT2D eigenvalue weighted by atomic mass is 9.99. The number of hydrogen-bond donors (Lipinski definition) is 0. The molecule has 1 aromatic carbocycles. The molecule has 0 atom stereocenters. The first-order valence-corrected chi connectivity index (χ1v) is 9.92. The average molecular weight is 342 g/mol. The lowest BCUT2D eigenvalue weighted by molar-refractivity contribution is 0.176. The molecule has 0 aliphatic carbocycles. The smallest absolute Gasteiger partial charge is 0.147 e. The normalized spacial score (nSPS) is 18.1. The minimum atomic E-state index is -2.88. The Morgan fingerprint density at radius 3 is 2.59 bits per heavy atom. The maximum atomic E-state index is 11.4. The van der Waals surface area contributed by atoms with Crippen molar-refractivity contribution in [3.8, 4) is 0 Å². The Morgan fingerprint density at radius 2 is 1.95 bits per heavy atom. The summed E-state index contributed by atoms with van der Waals surface area (Å²) in [5, 5.41) is 1.64. The highest BCUT2D eigenvalue weighted by molar-refractivity contribution is 7.90. The number of sulfone groups is 1. The minimum Gasteiger partial charge on any atom is -0.458 e. The SMILES string of the molecule is CS(=O)(=O)CC1CCN(Cc2oc3ccccc3c2Cl)CC1. The average Bonchev–Trinajstić information content (AvgIpc) is 2.77. The highest BCUT2D eigenvalue weighted by atomic mass is 35.5. The van der Waals surface area contributed by atoms with Gasteiger partial charge in [0.2, 0.25) is 0 Å². The van der Waals surface area contributed by atoms with Gasteiger partial charge in [-0.2, -0.15) is 0 Å². The van der Waals surface area contributed by atoms with E-state index >= 15 is 0 Å². The van der Waals surface area contributed by atoms with Gasteiger partial charge >= 0.3 is 0 Å². The third-order valence-corrected chi connectivity index (χ3v) is 5.71. The molecule has 120 valence electrons. The molecule has 2 aromatic rings. The van der Waals surface area contributed by atoms with Crippen molar-refractivity contribution in [3.63, 3.8) is 0 Å². The van der Waals surface area contributed by atoms with Crippen molar-refractivity contribution in [1.82, 2.24) is 4.90 Å². The molecule has 1 saturated heterocycles. The van der Waals surface area contributed by atoms with Crippen LogP contribution in [0, 0.1) is 5.92 Å². The number of para-hydroxylation sites is 1. The molecular formula is C16H20ClNO3S. The van der Waals surface area contributed by atoms with E-state index in [0.717, 1.165) is 42.7 Å². The number of nitrogens with zero attached hydrogens (tertiary/aromatic N) is 1. The van der Waals surface area contributed by atoms with E-state index in [9.17, 15) is 8.42 Å². The predicted molar refractivity (Wildman–Crippen MR) is 88.9 cm³/mol. The van der Waals surface area contributed by atoms with Gasteiger partial charge in [0, 0.05) is 11.6 Å². The van der Waals surface area contributed by atoms with Crippen molar-refractivity contribution in [3.05, 3.63) is 35.0 Å². The fourth-order valence-corrected chi connectivity index (χ4v) is 4.55. The monoisotopic (exact) mass is 341 g/mol. The maximum Gasteiger partial charge on any atom is 0.147 e. The molecule has 0 saturated carbocycles. The number of halogens is 1. The van der Waals surface area contributed by atoms with Crippen molar-refractivity contribution in [2.24, 2.45) is 5.92 Å². The van der Waals surface area contributed by atoms with Gasteiger partial charge in [-0.25, -0.2) is 8.42 Å². The van der Waals surface area contributed by atoms with Crippen molar-refractivity contribution < 1.29 is 12.8 Å². The third-order valence-electron chi connectivity index (χ3n) is 4.21. The van der Waals surface area contributed by atoms with Crippen LogP contribution in [0.25, 0.3) is 11.0 Å². The zero-order valence-electron chi connectivity index (χ0n) is 12.6. The molecule has 3 rings (SSSR count). The number of rotatable bonds is 4. The fourth-order valence-electron chi connectivity index (χ4n) is 3.11. The topological polar surface area (TPSA) is 50.5 Å². The van der Waals surface area contributed by atoms with E-state index in [1.165, 1.54) is 6.26 Å². The number of hydrogen-bond acceptors (Lipinski definition) is 4. The Bertz CT molecular complexity index is 761. The second-order valence-electron chi connectivity index (χ2n) is 6.15. The molecule has 4 nitrogen and oxygen atoms in total. The summed E-state index contributed by atoms with van der Waals surface area (Å²) in [6, 6.07) is 7.76. The molecule has 22 heavy (non-hydrogen) atoms. The van der Waals surface area contributed by atoms with Gasteiger partial charge in [0.15, 0.2) is 0 Å². The van der Waals surface area contributed by atoms with Crippen LogP contribution >= 0.6 is 11.6 Å². The lowest BCUT2D eigenvalue weighted by Gasteiger charge is -2.30. The number of benzene rings is 1. The first kappa shape index (κ1) is 15.8. The molecule has 0 amide bonds. The highest BCUT2D eigenvalue weighted by Gasteiger charge is 2.24. The van der Waals surface area contributed by atoms with Gasteiger partial charge in [-0.1, -0.05) is 23.7 Å². The van der Waals surface area contributed by atoms with Crippen LogP contribution in [0.5, 0.6) is 0 Å². The van der Waals surface area contributed by atoms with E-state index < -0.39 is 9.84 Å². The highest BCUT2D eigenvalue weighted by Crippen LogP contribution is 2.32. The summed E-state index contributed by atoms with van der Waals surface area (Å²) in [5.41, 5.74) is 0.814. The van der Waals surface area contributed by atoms with Gasteiger partial charge in [0.1, 0.15) is 21.2 Å². The molecule has 1 aliphatic rings. The number of fused-ring (bicyclic) bond motifs is 1. The predicted octanol–water partition coefficient (Wildman–Crippen LogP) is 3.34. The standard InChI is InChI=1S/C16H20ClNO3S/c1-22(19,20)11-12-6-8-18(9-7-12)10-15-16(17)13-4-2-3-5-14(13)21-15/h2-5,12H,6-11H2,1H3. The van der Waals surface area contributed by atoms with Crippen LogP contribution in [0.15, 0.2) is 28.7 Å². The summed E-state index contributed by atoms with van der Waals surface area (Å²) >= 11 is 6.39. The van der Waals surface area contributed by atoms with Crippen molar-refractivity contribution >= 4 is 32.4 Å². The molecule has 1 fully saturated rings. The van der Waals surface area contributed by atoms with Crippen LogP contribution in [0.4, 0.5) is 0 Å². The van der Waals surface area contributed by atoms with Gasteiger partial charge in [-0.15, -0.1) is 0 Å². The largest absolute Gasteiger partial charge is 0.458 e. The van der Waals surface area contributed by atoms with Crippen molar-refractivity contribution in [2.75, 3.05) is 25.1 Å². The summed E-state index contributed by atoms with van der Waals surface area (Å²) in [6.45, 7) is 2.44. The number of likely N-dealkylation sites (tertiary alicyclic amines) is 1. The Morgan fingerprint density at radius 1 is 1.27 bits per heavy atom. The summed E-state index contributed by atoms with van der Waals surface area (Å²) in [4.78, 5) is 2.28. The summed E-state index contributed by atoms with van der Waals surface area (Å²) in [7, 11) is -2.88. The van der Waals surface area contributed by atoms with Gasteiger partial charge < -0.3 is 4.42 Å². The summed E-state index contributed by atoms with van der Waals surface area (Å²) < 4.78 is 28.6. The molecular weight excluding hydrogens is 322 g/mol. The number of furan rings is 1. The zero-order valence-corrected chi connectivity index (χ0v) is 14.2. The molecule has 2 heterocycles. The molecule has 0 bridgehead atoms. The van der Waals surface area contributed by atoms with Crippen molar-refractivity contribution in [1.29, 1.82) is 0 Å². The Labute approximate surface area is 136 Å². The van der Waals surface area contributed by atoms with E-state index in [2.05, 4.69) is 4.90 Å². The van der Waals surface area contributed by atoms with Crippen LogP contribution in [0.2, 0.25) is 5.02 Å². The summed E-state index contributed by atoms with van der Waals surface area (Å²) in [6.07, 6.45) is 3.13. The quantitative estimate of drug-likeness (QED) is 0.855. The van der Waals surface area contributed by atoms with Gasteiger partial charge in [-0.3, -0.25) is 4.90 Å². The second kappa shape index (κ2) is 6.22. The van der Waals surface area contributed by atoms with Crippen LogP contribution in [-0.2, 0) is 16.4 Å². The van der Waals surface area contributed by atoms with Gasteiger partial charge in [0.05, 0.1) is 17.3 Å².